The van der Waals surface area contributed by atoms with E-state index in [1.54, 1.807) is 0 Å². The molecule has 0 aliphatic heterocycles. The molecule has 118 valence electrons. The van der Waals surface area contributed by atoms with Crippen LogP contribution in [0.15, 0.2) is 24.3 Å². The highest BCUT2D eigenvalue weighted by Crippen LogP contribution is 2.24. The smallest absolute Gasteiger partial charge is 0.216 e. The van der Waals surface area contributed by atoms with E-state index in [9.17, 15) is 8.42 Å². The zero-order valence-corrected chi connectivity index (χ0v) is 13.7. The molecule has 0 radical (unpaired) electrons. The second-order valence-corrected chi connectivity index (χ2v) is 7.95. The van der Waals surface area contributed by atoms with Crippen LogP contribution in [0.5, 0.6) is 0 Å². The zero-order valence-electron chi connectivity index (χ0n) is 12.9. The topological polar surface area (TPSA) is 58.2 Å². The summed E-state index contributed by atoms with van der Waals surface area (Å²) in [6, 6.07) is 7.86. The zero-order chi connectivity index (χ0) is 15.3. The lowest BCUT2D eigenvalue weighted by Gasteiger charge is -2.27. The summed E-state index contributed by atoms with van der Waals surface area (Å²) in [5.41, 5.74) is 1.95. The fourth-order valence-corrected chi connectivity index (χ4v) is 4.51. The van der Waals surface area contributed by atoms with Crippen LogP contribution in [0.1, 0.15) is 43.7 Å². The van der Waals surface area contributed by atoms with Crippen molar-refractivity contribution in [1.82, 2.24) is 10.0 Å². The van der Waals surface area contributed by atoms with E-state index in [1.165, 1.54) is 6.42 Å². The van der Waals surface area contributed by atoms with Crippen molar-refractivity contribution in [1.29, 1.82) is 0 Å². The molecule has 0 bridgehead atoms. The lowest BCUT2D eigenvalue weighted by Crippen LogP contribution is -2.38. The molecule has 1 fully saturated rings. The molecule has 2 atom stereocenters. The second-order valence-electron chi connectivity index (χ2n) is 6.20. The van der Waals surface area contributed by atoms with Gasteiger partial charge < -0.3 is 5.32 Å². The summed E-state index contributed by atoms with van der Waals surface area (Å²) in [5.74, 6) is 0.681. The van der Waals surface area contributed by atoms with E-state index < -0.39 is 10.0 Å². The number of hydrogen-bond donors (Lipinski definition) is 2. The quantitative estimate of drug-likeness (QED) is 0.848. The van der Waals surface area contributed by atoms with Crippen LogP contribution in [0.3, 0.4) is 0 Å². The molecule has 1 aromatic rings. The summed E-state index contributed by atoms with van der Waals surface area (Å²) in [6.07, 6.45) is 4.25. The molecule has 1 aliphatic carbocycles. The number of benzene rings is 1. The van der Waals surface area contributed by atoms with Crippen LogP contribution in [0, 0.1) is 5.92 Å². The summed E-state index contributed by atoms with van der Waals surface area (Å²) >= 11 is 0. The van der Waals surface area contributed by atoms with Gasteiger partial charge in [0.15, 0.2) is 0 Å². The Morgan fingerprint density at radius 2 is 2.00 bits per heavy atom. The van der Waals surface area contributed by atoms with Gasteiger partial charge in [-0.2, -0.15) is 0 Å². The maximum Gasteiger partial charge on any atom is 0.216 e. The van der Waals surface area contributed by atoms with Gasteiger partial charge in [0.1, 0.15) is 0 Å². The molecule has 2 N–H and O–H groups in total. The van der Waals surface area contributed by atoms with Crippen molar-refractivity contribution in [3.8, 4) is 0 Å². The van der Waals surface area contributed by atoms with Gasteiger partial charge in [0.05, 0.1) is 5.75 Å². The van der Waals surface area contributed by atoms with E-state index in [0.717, 1.165) is 36.9 Å². The van der Waals surface area contributed by atoms with Gasteiger partial charge in [0.2, 0.25) is 10.0 Å². The standard InChI is InChI=1S/C16H26N2O2S/c1-13-5-3-8-16(9-13)18-21(19,20)12-15-7-4-6-14(10-15)11-17-2/h4,6-7,10,13,16-18H,3,5,8-9,11-12H2,1-2H3. The van der Waals surface area contributed by atoms with Gasteiger partial charge in [-0.15, -0.1) is 0 Å². The first-order valence-corrected chi connectivity index (χ1v) is 9.36. The van der Waals surface area contributed by atoms with Crippen molar-refractivity contribution in [3.63, 3.8) is 0 Å². The van der Waals surface area contributed by atoms with Crippen molar-refractivity contribution in [2.24, 2.45) is 5.92 Å². The third kappa shape index (κ3) is 5.41. The average Bonchev–Trinajstić information content (AvgIpc) is 2.38. The van der Waals surface area contributed by atoms with Gasteiger partial charge in [-0.25, -0.2) is 13.1 Å². The number of nitrogens with one attached hydrogen (secondary N) is 2. The van der Waals surface area contributed by atoms with Crippen LogP contribution in [0.4, 0.5) is 0 Å². The molecule has 0 aromatic heterocycles. The molecule has 2 unspecified atom stereocenters. The molecule has 0 amide bonds. The van der Waals surface area contributed by atoms with Crippen molar-refractivity contribution in [3.05, 3.63) is 35.4 Å². The van der Waals surface area contributed by atoms with Gasteiger partial charge in [-0.05, 0) is 36.9 Å². The third-order valence-electron chi connectivity index (χ3n) is 4.01. The summed E-state index contributed by atoms with van der Waals surface area (Å²) in [7, 11) is -1.38. The van der Waals surface area contributed by atoms with Crippen LogP contribution in [-0.2, 0) is 22.3 Å². The monoisotopic (exact) mass is 310 g/mol. The molecule has 1 aromatic carbocycles. The molecular formula is C16H26N2O2S. The number of rotatable bonds is 6. The molecule has 21 heavy (non-hydrogen) atoms. The summed E-state index contributed by atoms with van der Waals surface area (Å²) in [5, 5.41) is 3.08. The van der Waals surface area contributed by atoms with Crippen molar-refractivity contribution in [2.75, 3.05) is 7.05 Å². The highest BCUT2D eigenvalue weighted by atomic mass is 32.2. The average molecular weight is 310 g/mol. The molecule has 4 nitrogen and oxygen atoms in total. The number of sulfonamides is 1. The van der Waals surface area contributed by atoms with E-state index in [-0.39, 0.29) is 11.8 Å². The van der Waals surface area contributed by atoms with Gasteiger partial charge >= 0.3 is 0 Å². The van der Waals surface area contributed by atoms with E-state index >= 15 is 0 Å². The van der Waals surface area contributed by atoms with E-state index in [2.05, 4.69) is 17.0 Å². The molecule has 2 rings (SSSR count). The first-order chi connectivity index (χ1) is 9.98. The summed E-state index contributed by atoms with van der Waals surface area (Å²) in [6.45, 7) is 2.95. The van der Waals surface area contributed by atoms with Crippen molar-refractivity contribution < 1.29 is 8.42 Å². The molecule has 1 aliphatic rings. The highest BCUT2D eigenvalue weighted by Gasteiger charge is 2.23. The highest BCUT2D eigenvalue weighted by molar-refractivity contribution is 7.88. The first-order valence-electron chi connectivity index (χ1n) is 7.71. The Morgan fingerprint density at radius 1 is 1.24 bits per heavy atom. The fourth-order valence-electron chi connectivity index (χ4n) is 3.09. The van der Waals surface area contributed by atoms with Crippen molar-refractivity contribution >= 4 is 10.0 Å². The SMILES string of the molecule is CNCc1cccc(CS(=O)(=O)NC2CCCC(C)C2)c1. The third-order valence-corrected chi connectivity index (χ3v) is 5.42. The predicted octanol–water partition coefficient (Wildman–Crippen LogP) is 2.40. The maximum atomic E-state index is 12.3. The molecule has 5 heteroatoms. The van der Waals surface area contributed by atoms with Crippen LogP contribution in [0.25, 0.3) is 0 Å². The molecule has 0 spiro atoms. The van der Waals surface area contributed by atoms with Gasteiger partial charge in [0.25, 0.3) is 0 Å². The molecule has 0 heterocycles. The second kappa shape index (κ2) is 7.38. The predicted molar refractivity (Wildman–Crippen MR) is 86.4 cm³/mol. The van der Waals surface area contributed by atoms with Gasteiger partial charge in [0, 0.05) is 12.6 Å². The van der Waals surface area contributed by atoms with E-state index in [4.69, 9.17) is 0 Å². The first kappa shape index (κ1) is 16.5. The lowest BCUT2D eigenvalue weighted by molar-refractivity contribution is 0.327. The van der Waals surface area contributed by atoms with Crippen LogP contribution < -0.4 is 10.0 Å². The van der Waals surface area contributed by atoms with Gasteiger partial charge in [-0.1, -0.05) is 44.0 Å². The van der Waals surface area contributed by atoms with Gasteiger partial charge in [-0.3, -0.25) is 0 Å². The van der Waals surface area contributed by atoms with Crippen LogP contribution >= 0.6 is 0 Å². The normalized spacial score (nSPS) is 23.1. The Hall–Kier alpha value is -0.910. The van der Waals surface area contributed by atoms with E-state index in [1.807, 2.05) is 31.3 Å². The fraction of sp³-hybridized carbons (Fsp3) is 0.625. The lowest BCUT2D eigenvalue weighted by atomic mass is 9.88. The molecular weight excluding hydrogens is 284 g/mol. The summed E-state index contributed by atoms with van der Waals surface area (Å²) in [4.78, 5) is 0. The summed E-state index contributed by atoms with van der Waals surface area (Å²) < 4.78 is 27.5. The Kier molecular flexibility index (Phi) is 5.79. The maximum absolute atomic E-state index is 12.3. The molecule has 0 saturated heterocycles. The minimum absolute atomic E-state index is 0.0649. The minimum atomic E-state index is -3.26. The Bertz CT molecular complexity index is 557. The Morgan fingerprint density at radius 3 is 2.71 bits per heavy atom. The Labute approximate surface area is 128 Å². The largest absolute Gasteiger partial charge is 0.316 e. The minimum Gasteiger partial charge on any atom is -0.316 e. The number of hydrogen-bond acceptors (Lipinski definition) is 3. The Balaban J connectivity index is 1.98. The van der Waals surface area contributed by atoms with Crippen LogP contribution in [-0.4, -0.2) is 21.5 Å². The van der Waals surface area contributed by atoms with Crippen LogP contribution in [0.2, 0.25) is 0 Å². The molecule has 1 saturated carbocycles. The van der Waals surface area contributed by atoms with Crippen molar-refractivity contribution in [2.45, 2.75) is 50.9 Å². The van der Waals surface area contributed by atoms with E-state index in [0.29, 0.717) is 5.92 Å².